The smallest absolute Gasteiger partial charge is 0.104 e. The number of unbranched alkanes of at least 4 members (excludes halogenated alkanes) is 1. The average molecular weight is 183 g/mol. The van der Waals surface area contributed by atoms with Crippen LogP contribution in [0.4, 0.5) is 0 Å². The molecular weight excluding hydrogens is 162 g/mol. The zero-order valence-electron chi connectivity index (χ0n) is 8.79. The third-order valence-electron chi connectivity index (χ3n) is 2.16. The molecule has 3 heteroatoms. The zero-order valence-corrected chi connectivity index (χ0v) is 8.79. The Hall–Kier alpha value is -0.700. The Kier molecular flexibility index (Phi) is 4.68. The van der Waals surface area contributed by atoms with Crippen molar-refractivity contribution in [1.82, 2.24) is 15.3 Å². The first-order chi connectivity index (χ1) is 6.36. The summed E-state index contributed by atoms with van der Waals surface area (Å²) in [5.41, 5.74) is 3.34. The van der Waals surface area contributed by atoms with Gasteiger partial charge in [0, 0.05) is 25.5 Å². The van der Waals surface area contributed by atoms with Crippen LogP contribution in [-0.4, -0.2) is 29.7 Å². The highest BCUT2D eigenvalue weighted by Gasteiger charge is 2.09. The standard InChI is InChI=1S/C10H21N3/c1-3-5-7-12-8-9-13(10-12)11-6-4-2/h8-9,11H,3-7,10H2,1-2H3. The van der Waals surface area contributed by atoms with E-state index >= 15 is 0 Å². The maximum absolute atomic E-state index is 3.34. The molecule has 76 valence electrons. The molecule has 13 heavy (non-hydrogen) atoms. The number of nitrogens with zero attached hydrogens (tertiary/aromatic N) is 2. The molecule has 0 bridgehead atoms. The molecule has 0 radical (unpaired) electrons. The highest BCUT2D eigenvalue weighted by molar-refractivity contribution is 4.88. The molecule has 1 rings (SSSR count). The van der Waals surface area contributed by atoms with Crippen molar-refractivity contribution < 1.29 is 0 Å². The van der Waals surface area contributed by atoms with E-state index in [1.807, 2.05) is 0 Å². The van der Waals surface area contributed by atoms with Crippen LogP contribution in [0.5, 0.6) is 0 Å². The van der Waals surface area contributed by atoms with E-state index in [0.717, 1.165) is 13.2 Å². The Morgan fingerprint density at radius 1 is 1.23 bits per heavy atom. The summed E-state index contributed by atoms with van der Waals surface area (Å²) in [7, 11) is 0. The van der Waals surface area contributed by atoms with Crippen LogP contribution in [0.2, 0.25) is 0 Å². The first kappa shape index (κ1) is 10.4. The van der Waals surface area contributed by atoms with E-state index in [4.69, 9.17) is 0 Å². The summed E-state index contributed by atoms with van der Waals surface area (Å²) in [4.78, 5) is 2.34. The molecule has 0 spiro atoms. The van der Waals surface area contributed by atoms with Crippen molar-refractivity contribution in [3.63, 3.8) is 0 Å². The second-order valence-corrected chi connectivity index (χ2v) is 3.48. The molecular formula is C10H21N3. The lowest BCUT2D eigenvalue weighted by atomic mass is 10.3. The molecule has 1 heterocycles. The number of hydrogen-bond donors (Lipinski definition) is 1. The van der Waals surface area contributed by atoms with Gasteiger partial charge in [-0.05, 0) is 12.8 Å². The van der Waals surface area contributed by atoms with Gasteiger partial charge in [-0.15, -0.1) is 0 Å². The first-order valence-corrected chi connectivity index (χ1v) is 5.29. The largest absolute Gasteiger partial charge is 0.357 e. The van der Waals surface area contributed by atoms with Gasteiger partial charge in [0.05, 0.1) is 0 Å². The Morgan fingerprint density at radius 2 is 2.08 bits per heavy atom. The second-order valence-electron chi connectivity index (χ2n) is 3.48. The first-order valence-electron chi connectivity index (χ1n) is 5.29. The molecule has 1 N–H and O–H groups in total. The van der Waals surface area contributed by atoms with Crippen molar-refractivity contribution in [3.8, 4) is 0 Å². The fourth-order valence-electron chi connectivity index (χ4n) is 1.33. The minimum absolute atomic E-state index is 1.00. The van der Waals surface area contributed by atoms with Crippen molar-refractivity contribution in [1.29, 1.82) is 0 Å². The van der Waals surface area contributed by atoms with Gasteiger partial charge in [0.1, 0.15) is 6.67 Å². The van der Waals surface area contributed by atoms with E-state index in [1.165, 1.54) is 25.8 Å². The van der Waals surface area contributed by atoms with Crippen LogP contribution in [0, 0.1) is 0 Å². The lowest BCUT2D eigenvalue weighted by Crippen LogP contribution is -2.36. The minimum atomic E-state index is 1.00. The van der Waals surface area contributed by atoms with Gasteiger partial charge in [-0.1, -0.05) is 20.3 Å². The van der Waals surface area contributed by atoms with Gasteiger partial charge in [-0.3, -0.25) is 5.01 Å². The number of rotatable bonds is 6. The van der Waals surface area contributed by atoms with Crippen LogP contribution in [-0.2, 0) is 0 Å². The van der Waals surface area contributed by atoms with Gasteiger partial charge >= 0.3 is 0 Å². The maximum Gasteiger partial charge on any atom is 0.104 e. The number of hydrazine groups is 1. The summed E-state index contributed by atoms with van der Waals surface area (Å²) in [5, 5.41) is 2.15. The lowest BCUT2D eigenvalue weighted by molar-refractivity contribution is 0.204. The third-order valence-corrected chi connectivity index (χ3v) is 2.16. The normalized spacial score (nSPS) is 15.8. The molecule has 0 atom stereocenters. The molecule has 0 aromatic carbocycles. The van der Waals surface area contributed by atoms with Crippen molar-refractivity contribution in [3.05, 3.63) is 12.4 Å². The quantitative estimate of drug-likeness (QED) is 0.677. The highest BCUT2D eigenvalue weighted by atomic mass is 15.6. The predicted octanol–water partition coefficient (Wildman–Crippen LogP) is 1.75. The molecule has 0 saturated carbocycles. The summed E-state index contributed by atoms with van der Waals surface area (Å²) >= 11 is 0. The van der Waals surface area contributed by atoms with Gasteiger partial charge in [0.25, 0.3) is 0 Å². The lowest BCUT2D eigenvalue weighted by Gasteiger charge is -2.21. The molecule has 1 aliphatic rings. The fraction of sp³-hybridized carbons (Fsp3) is 0.800. The highest BCUT2D eigenvalue weighted by Crippen LogP contribution is 2.04. The van der Waals surface area contributed by atoms with Crippen LogP contribution in [0.15, 0.2) is 12.4 Å². The van der Waals surface area contributed by atoms with E-state index in [-0.39, 0.29) is 0 Å². The molecule has 0 saturated heterocycles. The Bertz CT molecular complexity index is 140. The van der Waals surface area contributed by atoms with E-state index in [2.05, 4.69) is 41.6 Å². The number of hydrogen-bond acceptors (Lipinski definition) is 3. The van der Waals surface area contributed by atoms with Crippen LogP contribution >= 0.6 is 0 Å². The second kappa shape index (κ2) is 5.86. The molecule has 0 unspecified atom stereocenters. The molecule has 0 aliphatic carbocycles. The summed E-state index contributed by atoms with van der Waals surface area (Å²) in [5.74, 6) is 0. The summed E-state index contributed by atoms with van der Waals surface area (Å²) < 4.78 is 0. The van der Waals surface area contributed by atoms with Crippen molar-refractivity contribution in [2.75, 3.05) is 19.8 Å². The van der Waals surface area contributed by atoms with Gasteiger partial charge < -0.3 is 4.90 Å². The van der Waals surface area contributed by atoms with E-state index in [0.29, 0.717) is 0 Å². The molecule has 0 aromatic rings. The van der Waals surface area contributed by atoms with Gasteiger partial charge in [-0.2, -0.15) is 0 Å². The van der Waals surface area contributed by atoms with Crippen molar-refractivity contribution >= 4 is 0 Å². The summed E-state index contributed by atoms with van der Waals surface area (Å²) in [6.45, 7) is 7.65. The predicted molar refractivity (Wildman–Crippen MR) is 55.8 cm³/mol. The van der Waals surface area contributed by atoms with Crippen LogP contribution in [0.3, 0.4) is 0 Å². The summed E-state index contributed by atoms with van der Waals surface area (Å²) in [6.07, 6.45) is 8.02. The number of nitrogens with one attached hydrogen (secondary N) is 1. The van der Waals surface area contributed by atoms with Crippen molar-refractivity contribution in [2.45, 2.75) is 33.1 Å². The van der Waals surface area contributed by atoms with E-state index in [1.54, 1.807) is 0 Å². The molecule has 3 nitrogen and oxygen atoms in total. The third kappa shape index (κ3) is 3.68. The van der Waals surface area contributed by atoms with Crippen LogP contribution < -0.4 is 5.43 Å². The minimum Gasteiger partial charge on any atom is -0.357 e. The fourth-order valence-corrected chi connectivity index (χ4v) is 1.33. The molecule has 1 aliphatic heterocycles. The Morgan fingerprint density at radius 3 is 2.77 bits per heavy atom. The Labute approximate surface area is 81.4 Å². The van der Waals surface area contributed by atoms with E-state index in [9.17, 15) is 0 Å². The van der Waals surface area contributed by atoms with Gasteiger partial charge in [0.2, 0.25) is 0 Å². The molecule has 0 fully saturated rings. The molecule has 0 amide bonds. The zero-order chi connectivity index (χ0) is 9.52. The van der Waals surface area contributed by atoms with Gasteiger partial charge in [-0.25, -0.2) is 5.43 Å². The monoisotopic (exact) mass is 183 g/mol. The Balaban J connectivity index is 2.10. The molecule has 0 aromatic heterocycles. The average Bonchev–Trinajstić information content (AvgIpc) is 2.59. The van der Waals surface area contributed by atoms with E-state index < -0.39 is 0 Å². The summed E-state index contributed by atoms with van der Waals surface area (Å²) in [6, 6.07) is 0. The SMILES string of the molecule is CCCCN1C=CN(NCCC)C1. The van der Waals surface area contributed by atoms with Crippen LogP contribution in [0.1, 0.15) is 33.1 Å². The van der Waals surface area contributed by atoms with Crippen molar-refractivity contribution in [2.24, 2.45) is 0 Å². The maximum atomic E-state index is 3.34. The van der Waals surface area contributed by atoms with Crippen LogP contribution in [0.25, 0.3) is 0 Å². The van der Waals surface area contributed by atoms with Gasteiger partial charge in [0.15, 0.2) is 0 Å². The topological polar surface area (TPSA) is 18.5 Å².